The van der Waals surface area contributed by atoms with E-state index in [9.17, 15) is 29.6 Å². The average molecular weight is 541 g/mol. The van der Waals surface area contributed by atoms with Gasteiger partial charge in [-0.05, 0) is 48.6 Å². The van der Waals surface area contributed by atoms with Gasteiger partial charge >= 0.3 is 6.03 Å². The summed E-state index contributed by atoms with van der Waals surface area (Å²) in [5.41, 5.74) is 0.535. The number of hydrogen-bond donors (Lipinski definition) is 2. The number of ether oxygens (including phenoxy) is 2. The first-order chi connectivity index (χ1) is 18.7. The molecule has 2 N–H and O–H groups in total. The minimum atomic E-state index is -0.794. The van der Waals surface area contributed by atoms with Gasteiger partial charge < -0.3 is 34.7 Å². The molecule has 2 aromatic rings. The van der Waals surface area contributed by atoms with Crippen molar-refractivity contribution in [1.82, 2.24) is 19.7 Å². The monoisotopic (exact) mass is 540 g/mol. The quantitative estimate of drug-likeness (QED) is 0.373. The smallest absolute Gasteiger partial charge is 0.325 e. The van der Waals surface area contributed by atoms with Crippen LogP contribution in [0.1, 0.15) is 36.4 Å². The second-order valence-corrected chi connectivity index (χ2v) is 10.1. The Morgan fingerprint density at radius 3 is 2.59 bits per heavy atom. The summed E-state index contributed by atoms with van der Waals surface area (Å²) >= 11 is 0. The zero-order valence-electron chi connectivity index (χ0n) is 21.7. The van der Waals surface area contributed by atoms with Crippen LogP contribution in [0.4, 0.5) is 10.5 Å². The summed E-state index contributed by atoms with van der Waals surface area (Å²) in [6.45, 7) is 1.26. The molecule has 4 heterocycles. The molecular formula is C26H30N5O8-. The van der Waals surface area contributed by atoms with Crippen molar-refractivity contribution in [2.75, 3.05) is 32.5 Å². The molecule has 1 aromatic carbocycles. The second-order valence-electron chi connectivity index (χ2n) is 10.1. The van der Waals surface area contributed by atoms with Crippen molar-refractivity contribution in [3.63, 3.8) is 0 Å². The first-order valence-corrected chi connectivity index (χ1v) is 12.7. The Bertz CT molecular complexity index is 1360. The summed E-state index contributed by atoms with van der Waals surface area (Å²) in [5, 5.41) is 22.7. The highest BCUT2D eigenvalue weighted by molar-refractivity contribution is 6.04. The van der Waals surface area contributed by atoms with Gasteiger partial charge in [0.05, 0.1) is 20.8 Å². The fourth-order valence-electron chi connectivity index (χ4n) is 5.79. The zero-order valence-corrected chi connectivity index (χ0v) is 21.7. The molecule has 0 saturated carbocycles. The van der Waals surface area contributed by atoms with Crippen molar-refractivity contribution in [2.24, 2.45) is 5.92 Å². The average Bonchev–Trinajstić information content (AvgIpc) is 3.19. The number of amides is 4. The van der Waals surface area contributed by atoms with E-state index in [1.165, 1.54) is 24.9 Å². The van der Waals surface area contributed by atoms with E-state index in [1.54, 1.807) is 29.2 Å². The topological polar surface area (TPSA) is 157 Å². The van der Waals surface area contributed by atoms with Crippen molar-refractivity contribution in [2.45, 2.75) is 44.3 Å². The van der Waals surface area contributed by atoms with Crippen LogP contribution < -0.4 is 25.6 Å². The highest BCUT2D eigenvalue weighted by atomic mass is 16.8. The van der Waals surface area contributed by atoms with Crippen LogP contribution in [0, 0.1) is 11.1 Å². The SMILES string of the molecule is COc1ccc(CN2C(=O)N[C@@H](CCC(=O)N3C[C@H]4C[C@@H](C3)c3ccc(N([O-])O)c(=O)n3C4)C2=O)cc1OC. The number of fused-ring (bicyclic) bond motifs is 4. The zero-order chi connectivity index (χ0) is 27.8. The second kappa shape index (κ2) is 10.6. The largest absolute Gasteiger partial charge is 0.733 e. The minimum absolute atomic E-state index is 0.0248. The lowest BCUT2D eigenvalue weighted by Gasteiger charge is -2.43. The molecule has 2 fully saturated rings. The lowest BCUT2D eigenvalue weighted by Crippen LogP contribution is -2.49. The Morgan fingerprint density at radius 1 is 1.10 bits per heavy atom. The van der Waals surface area contributed by atoms with Crippen molar-refractivity contribution in [3.05, 3.63) is 57.2 Å². The van der Waals surface area contributed by atoms with Gasteiger partial charge in [-0.1, -0.05) is 6.07 Å². The van der Waals surface area contributed by atoms with Gasteiger partial charge in [-0.25, -0.2) is 4.79 Å². The Hall–Kier alpha value is -4.10. The molecule has 3 aliphatic rings. The maximum absolute atomic E-state index is 13.1. The van der Waals surface area contributed by atoms with Crippen molar-refractivity contribution < 1.29 is 29.1 Å². The Labute approximate surface area is 224 Å². The number of nitrogens with one attached hydrogen (secondary N) is 1. The number of methoxy groups -OCH3 is 2. The van der Waals surface area contributed by atoms with Gasteiger partial charge in [0.2, 0.25) is 5.91 Å². The van der Waals surface area contributed by atoms with E-state index in [0.29, 0.717) is 36.7 Å². The molecular weight excluding hydrogens is 510 g/mol. The number of carbonyl (C=O) groups excluding carboxylic acids is 3. The summed E-state index contributed by atoms with van der Waals surface area (Å²) in [4.78, 5) is 54.1. The van der Waals surface area contributed by atoms with E-state index in [1.807, 2.05) is 0 Å². The number of nitrogens with zero attached hydrogens (tertiary/aromatic N) is 4. The molecule has 13 heteroatoms. The fourth-order valence-corrected chi connectivity index (χ4v) is 5.79. The molecule has 0 unspecified atom stereocenters. The number of piperidine rings is 1. The van der Waals surface area contributed by atoms with Gasteiger partial charge in [0.15, 0.2) is 11.5 Å². The van der Waals surface area contributed by atoms with Crippen LogP contribution in [0.3, 0.4) is 0 Å². The van der Waals surface area contributed by atoms with E-state index in [2.05, 4.69) is 5.32 Å². The molecule has 0 radical (unpaired) electrons. The van der Waals surface area contributed by atoms with Crippen LogP contribution in [0.15, 0.2) is 35.1 Å². The van der Waals surface area contributed by atoms with E-state index in [-0.39, 0.29) is 42.8 Å². The number of urea groups is 1. The lowest BCUT2D eigenvalue weighted by atomic mass is 9.83. The van der Waals surface area contributed by atoms with Gasteiger partial charge in [0.1, 0.15) is 11.7 Å². The summed E-state index contributed by atoms with van der Waals surface area (Å²) in [5.74, 6) is 0.459. The van der Waals surface area contributed by atoms with Crippen molar-refractivity contribution in [1.29, 1.82) is 0 Å². The Balaban J connectivity index is 1.19. The number of benzene rings is 1. The lowest BCUT2D eigenvalue weighted by molar-refractivity contribution is -0.134. The van der Waals surface area contributed by atoms with Crippen LogP contribution in [-0.2, 0) is 22.7 Å². The molecule has 39 heavy (non-hydrogen) atoms. The highest BCUT2D eigenvalue weighted by Gasteiger charge is 2.40. The molecule has 4 amide bonds. The molecule has 3 aliphatic heterocycles. The third kappa shape index (κ3) is 5.02. The van der Waals surface area contributed by atoms with E-state index in [4.69, 9.17) is 9.47 Å². The fraction of sp³-hybridized carbons (Fsp3) is 0.462. The van der Waals surface area contributed by atoms with E-state index < -0.39 is 28.8 Å². The Morgan fingerprint density at radius 2 is 1.87 bits per heavy atom. The first-order valence-electron chi connectivity index (χ1n) is 12.7. The molecule has 5 rings (SSSR count). The number of anilines is 1. The molecule has 2 saturated heterocycles. The van der Waals surface area contributed by atoms with Gasteiger partial charge in [-0.2, -0.15) is 0 Å². The highest BCUT2D eigenvalue weighted by Crippen LogP contribution is 2.36. The maximum Gasteiger partial charge on any atom is 0.325 e. The van der Waals surface area contributed by atoms with E-state index >= 15 is 0 Å². The molecule has 2 bridgehead atoms. The maximum atomic E-state index is 13.1. The Kier molecular flexibility index (Phi) is 7.19. The molecule has 13 nitrogen and oxygen atoms in total. The summed E-state index contributed by atoms with van der Waals surface area (Å²) in [6, 6.07) is 6.79. The number of likely N-dealkylation sites (tertiary alicyclic amines) is 1. The molecule has 3 atom stereocenters. The number of carbonyl (C=O) groups is 3. The molecule has 1 aromatic heterocycles. The van der Waals surface area contributed by atoms with Gasteiger partial charge in [-0.3, -0.25) is 24.5 Å². The summed E-state index contributed by atoms with van der Waals surface area (Å²) in [6.07, 6.45) is 1.07. The molecule has 208 valence electrons. The molecule has 0 spiro atoms. The normalized spacial score (nSPS) is 21.9. The van der Waals surface area contributed by atoms with Gasteiger partial charge in [0, 0.05) is 37.7 Å². The van der Waals surface area contributed by atoms with Crippen LogP contribution >= 0.6 is 0 Å². The number of aromatic nitrogens is 1. The predicted octanol–water partition coefficient (Wildman–Crippen LogP) is 1.41. The number of imide groups is 1. The van der Waals surface area contributed by atoms with Crippen molar-refractivity contribution in [3.8, 4) is 11.5 Å². The number of pyridine rings is 1. The minimum Gasteiger partial charge on any atom is -0.733 e. The van der Waals surface area contributed by atoms with Gasteiger partial charge in [0.25, 0.3) is 11.5 Å². The first kappa shape index (κ1) is 26.5. The third-order valence-corrected chi connectivity index (χ3v) is 7.69. The van der Waals surface area contributed by atoms with Crippen LogP contribution in [-0.4, -0.2) is 70.8 Å². The number of hydrogen-bond acceptors (Lipinski definition) is 9. The van der Waals surface area contributed by atoms with Crippen molar-refractivity contribution >= 4 is 23.5 Å². The van der Waals surface area contributed by atoms with Crippen LogP contribution in [0.5, 0.6) is 11.5 Å². The summed E-state index contributed by atoms with van der Waals surface area (Å²) in [7, 11) is 3.03. The predicted molar refractivity (Wildman–Crippen MR) is 137 cm³/mol. The third-order valence-electron chi connectivity index (χ3n) is 7.69. The number of rotatable bonds is 8. The van der Waals surface area contributed by atoms with Crippen LogP contribution in [0.25, 0.3) is 0 Å². The van der Waals surface area contributed by atoms with Gasteiger partial charge in [-0.15, -0.1) is 0 Å². The van der Waals surface area contributed by atoms with E-state index in [0.717, 1.165) is 17.0 Å². The molecule has 0 aliphatic carbocycles. The summed E-state index contributed by atoms with van der Waals surface area (Å²) < 4.78 is 12.0. The van der Waals surface area contributed by atoms with Crippen LogP contribution in [0.2, 0.25) is 0 Å². The standard InChI is InChI=1S/C26H30N5O8/c1-38-21-7-3-15(10-22(21)39-2)12-30-24(33)18(27-26(30)35)4-8-23(32)28-11-16-9-17(14-28)19-5-6-20(31(36)37)25(34)29(19)13-16/h3,5-7,10,16-18,36H,4,8-9,11-14H2,1-2H3,(H,27,35)/q-1/t16-,17+,18+/m1/s1.